The number of imidazole rings is 1. The van der Waals surface area contributed by atoms with Crippen LogP contribution in [0.5, 0.6) is 0 Å². The number of halogens is 2. The molecule has 32 heavy (non-hydrogen) atoms. The monoisotopic (exact) mass is 458 g/mol. The Bertz CT molecular complexity index is 1150. The first kappa shape index (κ1) is 22.9. The van der Waals surface area contributed by atoms with E-state index in [1.54, 1.807) is 25.2 Å². The van der Waals surface area contributed by atoms with Gasteiger partial charge in [0.05, 0.1) is 22.6 Å². The summed E-state index contributed by atoms with van der Waals surface area (Å²) in [5.41, 5.74) is 0.0845. The van der Waals surface area contributed by atoms with Crippen LogP contribution in [0.4, 0.5) is 15.8 Å². The Morgan fingerprint density at radius 3 is 2.53 bits per heavy atom. The predicted molar refractivity (Wildman–Crippen MR) is 119 cm³/mol. The van der Waals surface area contributed by atoms with Crippen molar-refractivity contribution in [1.29, 1.82) is 0 Å². The Kier molecular flexibility index (Phi) is 7.53. The van der Waals surface area contributed by atoms with Crippen LogP contribution < -0.4 is 21.3 Å². The van der Waals surface area contributed by atoms with E-state index in [1.807, 2.05) is 0 Å². The summed E-state index contributed by atoms with van der Waals surface area (Å²) in [6, 6.07) is 10.1. The molecular formula is C21H20ClFN6O3. The van der Waals surface area contributed by atoms with Crippen molar-refractivity contribution in [3.63, 3.8) is 0 Å². The SMILES string of the molecule is CNCCNC(=O)c1[nH]cnc1C(=O)Nc1ccc(NC(=O)c2ccccc2Cl)c(F)c1. The molecule has 5 N–H and O–H groups in total. The number of carbonyl (C=O) groups is 3. The van der Waals surface area contributed by atoms with Gasteiger partial charge < -0.3 is 26.3 Å². The number of amides is 3. The molecule has 166 valence electrons. The average Bonchev–Trinajstić information content (AvgIpc) is 3.26. The first-order chi connectivity index (χ1) is 15.4. The summed E-state index contributed by atoms with van der Waals surface area (Å²) in [5.74, 6) is -2.53. The molecule has 0 aliphatic rings. The summed E-state index contributed by atoms with van der Waals surface area (Å²) in [6.45, 7) is 0.919. The van der Waals surface area contributed by atoms with Crippen LogP contribution in [-0.4, -0.2) is 47.8 Å². The second-order valence-electron chi connectivity index (χ2n) is 6.57. The Morgan fingerprint density at radius 2 is 1.81 bits per heavy atom. The standard InChI is InChI=1S/C21H20ClFN6O3/c1-24-8-9-25-20(31)17-18(27-11-26-17)21(32)28-12-6-7-16(15(23)10-12)29-19(30)13-4-2-3-5-14(13)22/h2-7,10-11,24H,8-9H2,1H3,(H,25,31)(H,26,27)(H,28,32)(H,29,30). The molecule has 0 saturated heterocycles. The van der Waals surface area contributed by atoms with Gasteiger partial charge in [-0.05, 0) is 37.4 Å². The van der Waals surface area contributed by atoms with Gasteiger partial charge >= 0.3 is 0 Å². The van der Waals surface area contributed by atoms with Crippen molar-refractivity contribution < 1.29 is 18.8 Å². The largest absolute Gasteiger partial charge is 0.349 e. The molecule has 0 bridgehead atoms. The number of carbonyl (C=O) groups excluding carboxylic acids is 3. The van der Waals surface area contributed by atoms with Gasteiger partial charge in [-0.2, -0.15) is 0 Å². The highest BCUT2D eigenvalue weighted by atomic mass is 35.5. The molecule has 0 atom stereocenters. The molecule has 1 heterocycles. The van der Waals surface area contributed by atoms with Crippen LogP contribution in [0, 0.1) is 5.82 Å². The molecule has 2 aromatic carbocycles. The summed E-state index contributed by atoms with van der Waals surface area (Å²) in [5, 5.41) is 10.7. The first-order valence-electron chi connectivity index (χ1n) is 9.53. The molecule has 0 aliphatic carbocycles. The Balaban J connectivity index is 1.68. The lowest BCUT2D eigenvalue weighted by molar-refractivity contribution is 0.0935. The number of rotatable bonds is 8. The van der Waals surface area contributed by atoms with E-state index in [0.29, 0.717) is 13.1 Å². The van der Waals surface area contributed by atoms with E-state index in [0.717, 1.165) is 6.07 Å². The van der Waals surface area contributed by atoms with E-state index in [9.17, 15) is 18.8 Å². The molecule has 9 nitrogen and oxygen atoms in total. The zero-order valence-corrected chi connectivity index (χ0v) is 17.7. The zero-order chi connectivity index (χ0) is 23.1. The quantitative estimate of drug-likeness (QED) is 0.331. The molecule has 0 aliphatic heterocycles. The Hall–Kier alpha value is -3.76. The van der Waals surface area contributed by atoms with Crippen molar-refractivity contribution in [2.75, 3.05) is 30.8 Å². The van der Waals surface area contributed by atoms with E-state index in [4.69, 9.17) is 11.6 Å². The fraction of sp³-hybridized carbons (Fsp3) is 0.143. The minimum atomic E-state index is -0.768. The highest BCUT2D eigenvalue weighted by molar-refractivity contribution is 6.34. The second kappa shape index (κ2) is 10.5. The van der Waals surface area contributed by atoms with Gasteiger partial charge in [-0.3, -0.25) is 14.4 Å². The summed E-state index contributed by atoms with van der Waals surface area (Å²) < 4.78 is 14.5. The number of anilines is 2. The molecule has 0 spiro atoms. The maximum absolute atomic E-state index is 14.5. The highest BCUT2D eigenvalue weighted by Gasteiger charge is 2.21. The van der Waals surface area contributed by atoms with Crippen molar-refractivity contribution >= 4 is 40.7 Å². The van der Waals surface area contributed by atoms with Crippen molar-refractivity contribution in [3.8, 4) is 0 Å². The maximum atomic E-state index is 14.5. The minimum Gasteiger partial charge on any atom is -0.349 e. The van der Waals surface area contributed by atoms with Crippen LogP contribution in [-0.2, 0) is 0 Å². The lowest BCUT2D eigenvalue weighted by Crippen LogP contribution is -2.32. The van der Waals surface area contributed by atoms with E-state index in [1.165, 1.54) is 24.5 Å². The summed E-state index contributed by atoms with van der Waals surface area (Å²) in [4.78, 5) is 43.6. The number of nitrogens with one attached hydrogen (secondary N) is 5. The summed E-state index contributed by atoms with van der Waals surface area (Å²) >= 11 is 5.98. The molecule has 3 amide bonds. The normalized spacial score (nSPS) is 10.5. The predicted octanol–water partition coefficient (Wildman–Crippen LogP) is 2.66. The lowest BCUT2D eigenvalue weighted by Gasteiger charge is -2.10. The van der Waals surface area contributed by atoms with Crippen LogP contribution in [0.1, 0.15) is 31.3 Å². The fourth-order valence-corrected chi connectivity index (χ4v) is 2.97. The maximum Gasteiger partial charge on any atom is 0.276 e. The molecular weight excluding hydrogens is 439 g/mol. The van der Waals surface area contributed by atoms with Crippen molar-refractivity contribution in [2.45, 2.75) is 0 Å². The number of aromatic amines is 1. The minimum absolute atomic E-state index is 0.0114. The summed E-state index contributed by atoms with van der Waals surface area (Å²) in [7, 11) is 1.74. The zero-order valence-electron chi connectivity index (χ0n) is 17.0. The molecule has 11 heteroatoms. The van der Waals surface area contributed by atoms with Gasteiger partial charge in [0.15, 0.2) is 5.69 Å². The third-order valence-corrected chi connectivity index (χ3v) is 4.67. The Labute approximate surface area is 187 Å². The second-order valence-corrected chi connectivity index (χ2v) is 6.98. The van der Waals surface area contributed by atoms with E-state index in [-0.39, 0.29) is 33.3 Å². The van der Waals surface area contributed by atoms with Gasteiger partial charge in [0, 0.05) is 18.8 Å². The third-order valence-electron chi connectivity index (χ3n) is 4.34. The molecule has 0 unspecified atom stereocenters. The lowest BCUT2D eigenvalue weighted by atomic mass is 10.2. The van der Waals surface area contributed by atoms with Crippen LogP contribution in [0.3, 0.4) is 0 Å². The van der Waals surface area contributed by atoms with E-state index < -0.39 is 23.5 Å². The molecule has 0 fully saturated rings. The van der Waals surface area contributed by atoms with Gasteiger partial charge in [-0.25, -0.2) is 9.37 Å². The highest BCUT2D eigenvalue weighted by Crippen LogP contribution is 2.22. The Morgan fingerprint density at radius 1 is 1.03 bits per heavy atom. The van der Waals surface area contributed by atoms with Crippen LogP contribution in [0.25, 0.3) is 0 Å². The van der Waals surface area contributed by atoms with Gasteiger partial charge in [0.1, 0.15) is 11.5 Å². The first-order valence-corrected chi connectivity index (χ1v) is 9.91. The number of aromatic nitrogens is 2. The molecule has 0 radical (unpaired) electrons. The van der Waals surface area contributed by atoms with Crippen LogP contribution in [0.2, 0.25) is 5.02 Å². The average molecular weight is 459 g/mol. The van der Waals surface area contributed by atoms with Gasteiger partial charge in [-0.1, -0.05) is 23.7 Å². The summed E-state index contributed by atoms with van der Waals surface area (Å²) in [6.07, 6.45) is 1.22. The van der Waals surface area contributed by atoms with Gasteiger partial charge in [-0.15, -0.1) is 0 Å². The fourth-order valence-electron chi connectivity index (χ4n) is 2.75. The number of benzene rings is 2. The number of hydrogen-bond acceptors (Lipinski definition) is 5. The topological polar surface area (TPSA) is 128 Å². The van der Waals surface area contributed by atoms with Crippen molar-refractivity contribution in [1.82, 2.24) is 20.6 Å². The van der Waals surface area contributed by atoms with E-state index >= 15 is 0 Å². The van der Waals surface area contributed by atoms with Crippen LogP contribution >= 0.6 is 11.6 Å². The molecule has 3 aromatic rings. The molecule has 3 rings (SSSR count). The number of H-pyrrole nitrogens is 1. The number of likely N-dealkylation sites (N-methyl/N-ethyl adjacent to an activating group) is 1. The molecule has 0 saturated carbocycles. The van der Waals surface area contributed by atoms with Crippen LogP contribution in [0.15, 0.2) is 48.8 Å². The number of hydrogen-bond donors (Lipinski definition) is 5. The molecule has 1 aromatic heterocycles. The smallest absolute Gasteiger partial charge is 0.276 e. The van der Waals surface area contributed by atoms with Gasteiger partial charge in [0.25, 0.3) is 17.7 Å². The third kappa shape index (κ3) is 5.48. The van der Waals surface area contributed by atoms with E-state index in [2.05, 4.69) is 31.2 Å². The van der Waals surface area contributed by atoms with Gasteiger partial charge in [0.2, 0.25) is 0 Å². The van der Waals surface area contributed by atoms with Crippen molar-refractivity contribution in [3.05, 3.63) is 76.6 Å². The number of nitrogens with zero attached hydrogens (tertiary/aromatic N) is 1. The van der Waals surface area contributed by atoms with Crippen molar-refractivity contribution in [2.24, 2.45) is 0 Å².